The standard InChI is InChI=1S/C35H42ClN11O5S/c1-19-14-26(53(50,51)37-4)8-9-28(19)42-35-43-30-29(39-18-40-30)32(45-35)52-25-7-5-6-22(15-25)20(2)47-31-23(16-27(36)33(47)49)17-38-34(44-31)41-24-10-12-46(13-11-24)21(3)48/h8-9,14,16-18,20,22,24-25,37H,5-7,10-13,15H2,1-4H3,(H,38,41,44)(H2,39,40,42,43,45). The average Bonchev–Trinajstić information content (AvgIpc) is 3.62. The molecule has 5 heterocycles. The number of likely N-dealkylation sites (tertiary alicyclic amines) is 1. The van der Waals surface area contributed by atoms with Crippen molar-refractivity contribution >= 4 is 67.3 Å². The lowest BCUT2D eigenvalue weighted by Crippen LogP contribution is -2.41. The molecule has 1 saturated heterocycles. The predicted octanol–water partition coefficient (Wildman–Crippen LogP) is 4.69. The molecule has 280 valence electrons. The van der Waals surface area contributed by atoms with Crippen LogP contribution in [0.2, 0.25) is 5.02 Å². The van der Waals surface area contributed by atoms with Gasteiger partial charge in [-0.2, -0.15) is 15.0 Å². The van der Waals surface area contributed by atoms with E-state index < -0.39 is 10.0 Å². The van der Waals surface area contributed by atoms with Crippen LogP contribution in [0.1, 0.15) is 64.0 Å². The molecule has 53 heavy (non-hydrogen) atoms. The summed E-state index contributed by atoms with van der Waals surface area (Å²) >= 11 is 6.49. The second kappa shape index (κ2) is 14.9. The van der Waals surface area contributed by atoms with E-state index in [4.69, 9.17) is 26.3 Å². The Labute approximate surface area is 311 Å². The van der Waals surface area contributed by atoms with Crippen LogP contribution in [-0.2, 0) is 14.8 Å². The number of carbonyl (C=O) groups excluding carboxylic acids is 1. The van der Waals surface area contributed by atoms with Gasteiger partial charge in [0.25, 0.3) is 5.56 Å². The summed E-state index contributed by atoms with van der Waals surface area (Å²) in [7, 11) is -2.23. The topological polar surface area (TPSA) is 202 Å². The molecule has 18 heteroatoms. The van der Waals surface area contributed by atoms with Crippen LogP contribution in [-0.4, -0.2) is 86.0 Å². The van der Waals surface area contributed by atoms with Crippen LogP contribution in [0.25, 0.3) is 22.2 Å². The zero-order chi connectivity index (χ0) is 37.4. The van der Waals surface area contributed by atoms with Gasteiger partial charge in [-0.25, -0.2) is 23.1 Å². The monoisotopic (exact) mass is 763 g/mol. The predicted molar refractivity (Wildman–Crippen MR) is 201 cm³/mol. The van der Waals surface area contributed by atoms with Gasteiger partial charge < -0.3 is 25.3 Å². The fourth-order valence-corrected chi connectivity index (χ4v) is 8.30. The summed E-state index contributed by atoms with van der Waals surface area (Å²) in [6.07, 6.45) is 7.74. The van der Waals surface area contributed by atoms with Crippen LogP contribution in [0, 0.1) is 12.8 Å². The van der Waals surface area contributed by atoms with Gasteiger partial charge in [0.1, 0.15) is 22.3 Å². The van der Waals surface area contributed by atoms with E-state index in [1.165, 1.54) is 19.4 Å². The number of benzene rings is 1. The first-order valence-electron chi connectivity index (χ1n) is 17.7. The van der Waals surface area contributed by atoms with Crippen molar-refractivity contribution in [3.05, 3.63) is 57.7 Å². The van der Waals surface area contributed by atoms with Gasteiger partial charge in [0.2, 0.25) is 33.7 Å². The number of halogens is 1. The summed E-state index contributed by atoms with van der Waals surface area (Å²) in [5.41, 5.74) is 2.48. The molecule has 4 N–H and O–H groups in total. The molecule has 2 aliphatic rings. The lowest BCUT2D eigenvalue weighted by atomic mass is 9.82. The Morgan fingerprint density at radius 3 is 2.60 bits per heavy atom. The summed E-state index contributed by atoms with van der Waals surface area (Å²) < 4.78 is 35.2. The average molecular weight is 764 g/mol. The second-order valence-corrected chi connectivity index (χ2v) is 16.0. The van der Waals surface area contributed by atoms with Gasteiger partial charge in [0.15, 0.2) is 5.65 Å². The van der Waals surface area contributed by atoms with Crippen molar-refractivity contribution in [2.75, 3.05) is 30.8 Å². The number of carbonyl (C=O) groups is 1. The van der Waals surface area contributed by atoms with Crippen LogP contribution in [0.15, 0.2) is 46.5 Å². The normalized spacial score (nSPS) is 19.0. The molecule has 1 aliphatic heterocycles. The number of anilines is 3. The first-order chi connectivity index (χ1) is 25.4. The molecule has 16 nitrogen and oxygen atoms in total. The molecule has 4 aromatic heterocycles. The van der Waals surface area contributed by atoms with Crippen LogP contribution in [0.3, 0.4) is 0 Å². The summed E-state index contributed by atoms with van der Waals surface area (Å²) in [6, 6.07) is 6.20. The van der Waals surface area contributed by atoms with Gasteiger partial charge in [-0.05, 0) is 95.2 Å². The van der Waals surface area contributed by atoms with Gasteiger partial charge in [-0.15, -0.1) is 0 Å². The van der Waals surface area contributed by atoms with E-state index in [2.05, 4.69) is 35.3 Å². The second-order valence-electron chi connectivity index (χ2n) is 13.7. The van der Waals surface area contributed by atoms with Crippen LogP contribution in [0.4, 0.5) is 17.6 Å². The minimum Gasteiger partial charge on any atom is -0.473 e. The number of aromatic nitrogens is 7. The third kappa shape index (κ3) is 7.63. The van der Waals surface area contributed by atoms with Crippen molar-refractivity contribution in [2.45, 2.75) is 82.4 Å². The van der Waals surface area contributed by atoms with Crippen molar-refractivity contribution < 1.29 is 17.9 Å². The fourth-order valence-electron chi connectivity index (χ4n) is 7.28. The maximum absolute atomic E-state index is 13.7. The number of piperidine rings is 1. The molecular formula is C35H42ClN11O5S. The highest BCUT2D eigenvalue weighted by atomic mass is 35.5. The molecule has 1 aliphatic carbocycles. The van der Waals surface area contributed by atoms with Crippen LogP contribution < -0.4 is 25.7 Å². The molecular weight excluding hydrogens is 722 g/mol. The number of nitrogens with one attached hydrogen (secondary N) is 4. The smallest absolute Gasteiger partial charge is 0.271 e. The number of imidazole rings is 1. The van der Waals surface area contributed by atoms with E-state index in [9.17, 15) is 18.0 Å². The molecule has 3 atom stereocenters. The summed E-state index contributed by atoms with van der Waals surface area (Å²) in [4.78, 5) is 53.4. The van der Waals surface area contributed by atoms with Crippen molar-refractivity contribution in [3.8, 4) is 5.88 Å². The lowest BCUT2D eigenvalue weighted by molar-refractivity contribution is -0.129. The number of hydrogen-bond acceptors (Lipinski definition) is 12. The summed E-state index contributed by atoms with van der Waals surface area (Å²) in [6.45, 7) is 6.74. The molecule has 0 radical (unpaired) electrons. The Balaban J connectivity index is 1.10. The zero-order valence-corrected chi connectivity index (χ0v) is 31.5. The Kier molecular flexibility index (Phi) is 10.2. The van der Waals surface area contributed by atoms with E-state index in [-0.39, 0.29) is 51.4 Å². The van der Waals surface area contributed by atoms with E-state index in [1.807, 2.05) is 11.8 Å². The highest BCUT2D eigenvalue weighted by Crippen LogP contribution is 2.37. The molecule has 5 aromatic rings. The molecule has 1 saturated carbocycles. The number of hydrogen-bond donors (Lipinski definition) is 4. The van der Waals surface area contributed by atoms with E-state index in [1.54, 1.807) is 42.8 Å². The molecule has 1 aromatic carbocycles. The van der Waals surface area contributed by atoms with Crippen molar-refractivity contribution in [2.24, 2.45) is 5.92 Å². The maximum Gasteiger partial charge on any atom is 0.271 e. The molecule has 0 spiro atoms. The third-order valence-electron chi connectivity index (χ3n) is 10.3. The number of fused-ring (bicyclic) bond motifs is 2. The largest absolute Gasteiger partial charge is 0.473 e. The zero-order valence-electron chi connectivity index (χ0n) is 29.9. The number of amides is 1. The summed E-state index contributed by atoms with van der Waals surface area (Å²) in [5, 5.41) is 7.37. The Bertz CT molecular complexity index is 2340. The van der Waals surface area contributed by atoms with Crippen LogP contribution in [0.5, 0.6) is 5.88 Å². The fraction of sp³-hybridized carbons (Fsp3) is 0.457. The Morgan fingerprint density at radius 1 is 1.08 bits per heavy atom. The minimum absolute atomic E-state index is 0.0575. The molecule has 3 unspecified atom stereocenters. The highest BCUT2D eigenvalue weighted by molar-refractivity contribution is 7.89. The highest BCUT2D eigenvalue weighted by Gasteiger charge is 2.31. The van der Waals surface area contributed by atoms with Gasteiger partial charge in [-0.3, -0.25) is 14.2 Å². The number of sulfonamides is 1. The summed E-state index contributed by atoms with van der Waals surface area (Å²) in [5.74, 6) is 1.14. The molecule has 7 rings (SSSR count). The number of rotatable bonds is 10. The molecule has 0 bridgehead atoms. The molecule has 2 fully saturated rings. The van der Waals surface area contributed by atoms with E-state index in [0.29, 0.717) is 64.8 Å². The first kappa shape index (κ1) is 36.5. The van der Waals surface area contributed by atoms with E-state index in [0.717, 1.165) is 32.1 Å². The number of ether oxygens (including phenoxy) is 1. The number of H-pyrrole nitrogens is 1. The first-order valence-corrected chi connectivity index (χ1v) is 19.5. The van der Waals surface area contributed by atoms with Gasteiger partial charge >= 0.3 is 0 Å². The van der Waals surface area contributed by atoms with Crippen molar-refractivity contribution in [1.29, 1.82) is 0 Å². The third-order valence-corrected chi connectivity index (χ3v) is 12.0. The van der Waals surface area contributed by atoms with Gasteiger partial charge in [-0.1, -0.05) is 11.6 Å². The maximum atomic E-state index is 13.7. The molecule has 1 amide bonds. The SMILES string of the molecule is CNS(=O)(=O)c1ccc(Nc2nc(OC3CCCC(C(C)n4c(=O)c(Cl)cc5cnc(NC6CCN(C(C)=O)CC6)nc54)C3)c3[nH]cnc3n2)c(C)c1. The van der Waals surface area contributed by atoms with Crippen molar-refractivity contribution in [1.82, 2.24) is 44.1 Å². The van der Waals surface area contributed by atoms with Gasteiger partial charge in [0.05, 0.1) is 11.2 Å². The van der Waals surface area contributed by atoms with Crippen molar-refractivity contribution in [3.63, 3.8) is 0 Å². The number of nitrogens with zero attached hydrogens (tertiary/aromatic N) is 7. The van der Waals surface area contributed by atoms with Gasteiger partial charge in [0, 0.05) is 49.4 Å². The minimum atomic E-state index is -3.60. The quantitative estimate of drug-likeness (QED) is 0.153. The lowest BCUT2D eigenvalue weighted by Gasteiger charge is -2.34. The van der Waals surface area contributed by atoms with Crippen LogP contribution >= 0.6 is 11.6 Å². The number of pyridine rings is 1. The Hall–Kier alpha value is -4.87. The van der Waals surface area contributed by atoms with E-state index >= 15 is 0 Å². The number of aromatic amines is 1. The number of aryl methyl sites for hydroxylation is 1. The Morgan fingerprint density at radius 2 is 1.87 bits per heavy atom.